The number of benzene rings is 1. The molecule has 1 N–H and O–H groups in total. The lowest BCUT2D eigenvalue weighted by Crippen LogP contribution is -2.19. The van der Waals surface area contributed by atoms with Gasteiger partial charge in [-0.1, -0.05) is 12.8 Å². The van der Waals surface area contributed by atoms with Crippen LogP contribution in [0.5, 0.6) is 0 Å². The molecule has 1 aliphatic rings. The molecule has 1 fully saturated rings. The number of anilines is 1. The van der Waals surface area contributed by atoms with Gasteiger partial charge in [-0.05, 0) is 43.2 Å². The Morgan fingerprint density at radius 2 is 1.88 bits per heavy atom. The van der Waals surface area contributed by atoms with Crippen molar-refractivity contribution in [2.24, 2.45) is 0 Å². The molecule has 0 atom stereocenters. The van der Waals surface area contributed by atoms with E-state index < -0.39 is 17.8 Å². The molecular formula is C17H18F3N3OS. The number of halogens is 3. The highest BCUT2D eigenvalue weighted by Crippen LogP contribution is 2.35. The highest BCUT2D eigenvalue weighted by Gasteiger charge is 2.33. The zero-order chi connectivity index (χ0) is 17.9. The Bertz CT molecular complexity index is 721. The van der Waals surface area contributed by atoms with Crippen LogP contribution in [0.2, 0.25) is 0 Å². The molecule has 1 saturated carbocycles. The Balaban J connectivity index is 1.53. The van der Waals surface area contributed by atoms with Crippen LogP contribution in [-0.2, 0) is 17.5 Å². The van der Waals surface area contributed by atoms with Crippen molar-refractivity contribution in [2.75, 3.05) is 5.32 Å². The van der Waals surface area contributed by atoms with E-state index in [1.807, 2.05) is 23.9 Å². The number of hydrogen-bond acceptors (Lipinski definition) is 3. The Morgan fingerprint density at radius 1 is 1.20 bits per heavy atom. The minimum absolute atomic E-state index is 0.269. The molecule has 8 heteroatoms. The van der Waals surface area contributed by atoms with Crippen molar-refractivity contribution in [3.8, 4) is 0 Å². The number of carbonyl (C=O) groups excluding carboxylic acids is 1. The number of amides is 1. The van der Waals surface area contributed by atoms with Crippen LogP contribution in [0, 0.1) is 0 Å². The number of nitrogens with zero attached hydrogens (tertiary/aromatic N) is 2. The molecule has 0 spiro atoms. The molecule has 1 aromatic heterocycles. The van der Waals surface area contributed by atoms with Crippen LogP contribution >= 0.6 is 11.8 Å². The van der Waals surface area contributed by atoms with Gasteiger partial charge in [-0.25, -0.2) is 0 Å². The monoisotopic (exact) mass is 369 g/mol. The van der Waals surface area contributed by atoms with E-state index in [4.69, 9.17) is 0 Å². The van der Waals surface area contributed by atoms with Crippen LogP contribution in [0.15, 0.2) is 41.4 Å². The van der Waals surface area contributed by atoms with Crippen molar-refractivity contribution in [1.29, 1.82) is 0 Å². The Kier molecular flexibility index (Phi) is 5.36. The fourth-order valence-electron chi connectivity index (χ4n) is 2.76. The number of carbonyl (C=O) groups is 1. The lowest BCUT2D eigenvalue weighted by atomic mass is 10.3. The molecule has 4 nitrogen and oxygen atoms in total. The first-order valence-corrected chi connectivity index (χ1v) is 8.95. The van der Waals surface area contributed by atoms with E-state index in [2.05, 4.69) is 10.4 Å². The highest BCUT2D eigenvalue weighted by molar-refractivity contribution is 8.00. The molecule has 1 aromatic carbocycles. The van der Waals surface area contributed by atoms with Gasteiger partial charge in [0.1, 0.15) is 6.54 Å². The second-order valence-electron chi connectivity index (χ2n) is 5.99. The molecule has 0 saturated heterocycles. The minimum atomic E-state index is -4.51. The summed E-state index contributed by atoms with van der Waals surface area (Å²) in [6.07, 6.45) is 1.70. The smallest absolute Gasteiger partial charge is 0.324 e. The second kappa shape index (κ2) is 7.51. The van der Waals surface area contributed by atoms with Gasteiger partial charge in [0.25, 0.3) is 0 Å². The molecule has 1 heterocycles. The van der Waals surface area contributed by atoms with Crippen LogP contribution in [0.1, 0.15) is 31.4 Å². The lowest BCUT2D eigenvalue weighted by Gasteiger charge is -2.10. The summed E-state index contributed by atoms with van der Waals surface area (Å²) in [5, 5.41) is 6.70. The van der Waals surface area contributed by atoms with E-state index in [1.165, 1.54) is 25.7 Å². The standard InChI is InChI=1S/C17H18F3N3OS/c18-17(19,20)15-9-10-23(22-15)11-16(24)21-12-5-7-14(8-6-12)25-13-3-1-2-4-13/h5-10,13H,1-4,11H2,(H,21,24). The molecular weight excluding hydrogens is 351 g/mol. The normalized spacial score (nSPS) is 15.5. The summed E-state index contributed by atoms with van der Waals surface area (Å²) in [7, 11) is 0. The first-order valence-electron chi connectivity index (χ1n) is 8.07. The van der Waals surface area contributed by atoms with Crippen LogP contribution in [0.4, 0.5) is 18.9 Å². The van der Waals surface area contributed by atoms with Crippen LogP contribution in [0.3, 0.4) is 0 Å². The van der Waals surface area contributed by atoms with Gasteiger partial charge in [0.05, 0.1) is 0 Å². The van der Waals surface area contributed by atoms with E-state index in [0.29, 0.717) is 10.9 Å². The summed E-state index contributed by atoms with van der Waals surface area (Å²) in [5.41, 5.74) is -0.391. The van der Waals surface area contributed by atoms with Crippen molar-refractivity contribution in [3.63, 3.8) is 0 Å². The molecule has 2 aromatic rings. The average molecular weight is 369 g/mol. The average Bonchev–Trinajstić information content (AvgIpc) is 3.20. The van der Waals surface area contributed by atoms with Gasteiger partial charge in [-0.2, -0.15) is 18.3 Å². The van der Waals surface area contributed by atoms with Gasteiger partial charge >= 0.3 is 6.18 Å². The summed E-state index contributed by atoms with van der Waals surface area (Å²) in [4.78, 5) is 13.1. The van der Waals surface area contributed by atoms with Gasteiger partial charge in [0.2, 0.25) is 5.91 Å². The molecule has 3 rings (SSSR count). The van der Waals surface area contributed by atoms with Crippen LogP contribution in [0.25, 0.3) is 0 Å². The first kappa shape index (κ1) is 17.8. The third-order valence-corrected chi connectivity index (χ3v) is 5.33. The minimum Gasteiger partial charge on any atom is -0.324 e. The third-order valence-electron chi connectivity index (χ3n) is 3.98. The number of alkyl halides is 3. The maximum atomic E-state index is 12.5. The summed E-state index contributed by atoms with van der Waals surface area (Å²) in [6, 6.07) is 8.36. The van der Waals surface area contributed by atoms with Gasteiger partial charge in [-0.15, -0.1) is 11.8 Å². The van der Waals surface area contributed by atoms with Crippen molar-refractivity contribution in [2.45, 2.75) is 48.5 Å². The predicted molar refractivity (Wildman–Crippen MR) is 90.4 cm³/mol. The second-order valence-corrected chi connectivity index (χ2v) is 7.37. The Labute approximate surface area is 147 Å². The third kappa shape index (κ3) is 5.01. The van der Waals surface area contributed by atoms with Crippen molar-refractivity contribution in [1.82, 2.24) is 9.78 Å². The van der Waals surface area contributed by atoms with Gasteiger partial charge < -0.3 is 5.32 Å². The lowest BCUT2D eigenvalue weighted by molar-refractivity contribution is -0.141. The summed E-state index contributed by atoms with van der Waals surface area (Å²) in [5.74, 6) is -0.423. The van der Waals surface area contributed by atoms with Crippen molar-refractivity contribution in [3.05, 3.63) is 42.2 Å². The quantitative estimate of drug-likeness (QED) is 0.839. The fraction of sp³-hybridized carbons (Fsp3) is 0.412. The number of thioether (sulfide) groups is 1. The zero-order valence-corrected chi connectivity index (χ0v) is 14.2. The van der Waals surface area contributed by atoms with Crippen LogP contribution < -0.4 is 5.32 Å². The molecule has 1 aliphatic carbocycles. The summed E-state index contributed by atoms with van der Waals surface area (Å²) in [6.45, 7) is -0.269. The molecule has 1 amide bonds. The van der Waals surface area contributed by atoms with Crippen LogP contribution in [-0.4, -0.2) is 20.9 Å². The molecule has 0 radical (unpaired) electrons. The van der Waals surface area contributed by atoms with E-state index in [0.717, 1.165) is 21.8 Å². The zero-order valence-electron chi connectivity index (χ0n) is 13.4. The largest absolute Gasteiger partial charge is 0.435 e. The Morgan fingerprint density at radius 3 is 2.48 bits per heavy atom. The van der Waals surface area contributed by atoms with Crippen molar-refractivity contribution < 1.29 is 18.0 Å². The fourth-order valence-corrected chi connectivity index (χ4v) is 4.01. The first-order chi connectivity index (χ1) is 11.9. The predicted octanol–water partition coefficient (Wildman–Crippen LogP) is 4.58. The topological polar surface area (TPSA) is 46.9 Å². The van der Waals surface area contributed by atoms with E-state index >= 15 is 0 Å². The number of hydrogen-bond donors (Lipinski definition) is 1. The maximum absolute atomic E-state index is 12.5. The number of aromatic nitrogens is 2. The molecule has 134 valence electrons. The van der Waals surface area contributed by atoms with Crippen molar-refractivity contribution >= 4 is 23.4 Å². The molecule has 0 bridgehead atoms. The Hall–Kier alpha value is -1.96. The summed E-state index contributed by atoms with van der Waals surface area (Å²) < 4.78 is 38.4. The number of nitrogens with one attached hydrogen (secondary N) is 1. The summed E-state index contributed by atoms with van der Waals surface area (Å²) >= 11 is 1.85. The SMILES string of the molecule is O=C(Cn1ccc(C(F)(F)F)n1)Nc1ccc(SC2CCCC2)cc1. The molecule has 0 aliphatic heterocycles. The van der Waals surface area contributed by atoms with E-state index in [-0.39, 0.29) is 6.54 Å². The number of rotatable bonds is 5. The van der Waals surface area contributed by atoms with E-state index in [9.17, 15) is 18.0 Å². The van der Waals surface area contributed by atoms with E-state index in [1.54, 1.807) is 12.1 Å². The van der Waals surface area contributed by atoms with Gasteiger partial charge in [0, 0.05) is 22.0 Å². The van der Waals surface area contributed by atoms with Gasteiger partial charge in [-0.3, -0.25) is 9.48 Å². The molecule has 25 heavy (non-hydrogen) atoms. The highest BCUT2D eigenvalue weighted by atomic mass is 32.2. The maximum Gasteiger partial charge on any atom is 0.435 e. The van der Waals surface area contributed by atoms with Gasteiger partial charge in [0.15, 0.2) is 5.69 Å². The molecule has 0 unspecified atom stereocenters.